The molecule has 0 fully saturated rings. The number of unbranched alkanes of at least 4 members (excludes halogenated alkanes) is 1. The number of aliphatic hydroxyl groups is 1. The largest absolute Gasteiger partial charge is 0.398 e. The molecule has 19 heavy (non-hydrogen) atoms. The number of hydrogen-bond acceptors (Lipinski definition) is 4. The maximum Gasteiger partial charge on any atom is 0.245 e. The number of anilines is 1. The Hall–Kier alpha value is -0.630. The number of nitrogen functional groups attached to an aromatic ring is 1. The fourth-order valence-electron chi connectivity index (χ4n) is 1.69. The van der Waals surface area contributed by atoms with Crippen molar-refractivity contribution in [3.63, 3.8) is 0 Å². The third-order valence-corrected chi connectivity index (χ3v) is 5.17. The van der Waals surface area contributed by atoms with Crippen LogP contribution in [0.15, 0.2) is 27.6 Å². The summed E-state index contributed by atoms with van der Waals surface area (Å²) >= 11 is 3.24. The van der Waals surface area contributed by atoms with Gasteiger partial charge in [0.25, 0.3) is 0 Å². The second kappa shape index (κ2) is 7.23. The summed E-state index contributed by atoms with van der Waals surface area (Å²) in [5, 5.41) is 9.01. The zero-order valence-electron chi connectivity index (χ0n) is 10.8. The van der Waals surface area contributed by atoms with E-state index in [-0.39, 0.29) is 23.7 Å². The lowest BCUT2D eigenvalue weighted by Crippen LogP contribution is -2.34. The Morgan fingerprint density at radius 1 is 1.37 bits per heavy atom. The van der Waals surface area contributed by atoms with Crippen LogP contribution < -0.4 is 5.73 Å². The molecule has 0 spiro atoms. The molecule has 0 aliphatic heterocycles. The van der Waals surface area contributed by atoms with Gasteiger partial charge >= 0.3 is 0 Å². The molecule has 0 aliphatic carbocycles. The first-order valence-corrected chi connectivity index (χ1v) is 8.32. The van der Waals surface area contributed by atoms with E-state index in [0.29, 0.717) is 6.54 Å². The zero-order valence-corrected chi connectivity index (χ0v) is 13.2. The summed E-state index contributed by atoms with van der Waals surface area (Å²) in [4.78, 5) is 0.0836. The highest BCUT2D eigenvalue weighted by Gasteiger charge is 2.25. The lowest BCUT2D eigenvalue weighted by molar-refractivity contribution is 0.252. The van der Waals surface area contributed by atoms with E-state index >= 15 is 0 Å². The predicted molar refractivity (Wildman–Crippen MR) is 79.3 cm³/mol. The van der Waals surface area contributed by atoms with Gasteiger partial charge in [-0.15, -0.1) is 0 Å². The van der Waals surface area contributed by atoms with E-state index in [9.17, 15) is 8.42 Å². The van der Waals surface area contributed by atoms with Crippen LogP contribution in [0, 0.1) is 0 Å². The van der Waals surface area contributed by atoms with Gasteiger partial charge in [-0.25, -0.2) is 8.42 Å². The van der Waals surface area contributed by atoms with Crippen molar-refractivity contribution in [3.8, 4) is 0 Å². The molecule has 0 aliphatic rings. The maximum absolute atomic E-state index is 12.5. The van der Waals surface area contributed by atoms with Crippen molar-refractivity contribution in [2.24, 2.45) is 0 Å². The third-order valence-electron chi connectivity index (χ3n) is 2.70. The topological polar surface area (TPSA) is 83.6 Å². The highest BCUT2D eigenvalue weighted by molar-refractivity contribution is 9.10. The van der Waals surface area contributed by atoms with E-state index in [2.05, 4.69) is 15.9 Å². The maximum atomic E-state index is 12.5. The second-order valence-electron chi connectivity index (χ2n) is 4.16. The molecule has 108 valence electrons. The van der Waals surface area contributed by atoms with Crippen LogP contribution in [0.5, 0.6) is 0 Å². The SMILES string of the molecule is CCCCN(CCO)S(=O)(=O)c1ccc(Br)cc1N. The number of sulfonamides is 1. The molecule has 0 saturated carbocycles. The Morgan fingerprint density at radius 2 is 2.05 bits per heavy atom. The summed E-state index contributed by atoms with van der Waals surface area (Å²) in [7, 11) is -3.66. The van der Waals surface area contributed by atoms with Crippen molar-refractivity contribution >= 4 is 31.6 Å². The molecule has 0 amide bonds. The minimum Gasteiger partial charge on any atom is -0.398 e. The first-order chi connectivity index (χ1) is 8.93. The molecule has 3 N–H and O–H groups in total. The Morgan fingerprint density at radius 3 is 2.58 bits per heavy atom. The van der Waals surface area contributed by atoms with Crippen molar-refractivity contribution in [1.82, 2.24) is 4.31 Å². The molecule has 0 aromatic heterocycles. The Kier molecular flexibility index (Phi) is 6.25. The Balaban J connectivity index is 3.11. The summed E-state index contributed by atoms with van der Waals surface area (Å²) in [6, 6.07) is 4.68. The van der Waals surface area contributed by atoms with Gasteiger partial charge in [-0.2, -0.15) is 4.31 Å². The quantitative estimate of drug-likeness (QED) is 0.734. The monoisotopic (exact) mass is 350 g/mol. The van der Waals surface area contributed by atoms with Crippen molar-refractivity contribution in [1.29, 1.82) is 0 Å². The first kappa shape index (κ1) is 16.4. The standard InChI is InChI=1S/C12H19BrN2O3S/c1-2-3-6-15(7-8-16)19(17,18)12-5-4-10(13)9-11(12)14/h4-5,9,16H,2-3,6-8,14H2,1H3. The normalized spacial score (nSPS) is 12.0. The van der Waals surface area contributed by atoms with E-state index in [0.717, 1.165) is 17.3 Å². The summed E-state index contributed by atoms with van der Waals surface area (Å²) in [6.45, 7) is 2.24. The molecule has 0 radical (unpaired) electrons. The van der Waals surface area contributed by atoms with Crippen LogP contribution >= 0.6 is 15.9 Å². The van der Waals surface area contributed by atoms with Gasteiger partial charge < -0.3 is 10.8 Å². The van der Waals surface area contributed by atoms with Crippen LogP contribution in [0.3, 0.4) is 0 Å². The van der Waals surface area contributed by atoms with Crippen molar-refractivity contribution in [2.45, 2.75) is 24.7 Å². The van der Waals surface area contributed by atoms with E-state index < -0.39 is 10.0 Å². The molecule has 0 saturated heterocycles. The average molecular weight is 351 g/mol. The first-order valence-electron chi connectivity index (χ1n) is 6.09. The molecule has 0 atom stereocenters. The molecule has 1 aromatic rings. The van der Waals surface area contributed by atoms with Crippen molar-refractivity contribution < 1.29 is 13.5 Å². The van der Waals surface area contributed by atoms with Gasteiger partial charge in [0.15, 0.2) is 0 Å². The van der Waals surface area contributed by atoms with Crippen molar-refractivity contribution in [3.05, 3.63) is 22.7 Å². The number of nitrogens with zero attached hydrogens (tertiary/aromatic N) is 1. The van der Waals surface area contributed by atoms with Crippen LogP contribution in [0.4, 0.5) is 5.69 Å². The summed E-state index contributed by atoms with van der Waals surface area (Å²) in [5.74, 6) is 0. The number of nitrogens with two attached hydrogens (primary N) is 1. The minimum absolute atomic E-state index is 0.0812. The fraction of sp³-hybridized carbons (Fsp3) is 0.500. The van der Waals surface area contributed by atoms with Gasteiger partial charge in [-0.3, -0.25) is 0 Å². The van der Waals surface area contributed by atoms with Crippen molar-refractivity contribution in [2.75, 3.05) is 25.4 Å². The van der Waals surface area contributed by atoms with Crippen LogP contribution in [-0.2, 0) is 10.0 Å². The lowest BCUT2D eigenvalue weighted by Gasteiger charge is -2.22. The summed E-state index contributed by atoms with van der Waals surface area (Å²) < 4.78 is 27.0. The van der Waals surface area contributed by atoms with Gasteiger partial charge in [-0.1, -0.05) is 29.3 Å². The Bertz CT molecular complexity index is 520. The zero-order chi connectivity index (χ0) is 14.5. The number of hydrogen-bond donors (Lipinski definition) is 2. The number of rotatable bonds is 7. The van der Waals surface area contributed by atoms with Crippen LogP contribution in [0.1, 0.15) is 19.8 Å². The molecule has 0 bridgehead atoms. The van der Waals surface area contributed by atoms with E-state index in [1.165, 1.54) is 10.4 Å². The highest BCUT2D eigenvalue weighted by Crippen LogP contribution is 2.25. The van der Waals surface area contributed by atoms with Crippen LogP contribution in [0.2, 0.25) is 0 Å². The molecular formula is C12H19BrN2O3S. The third kappa shape index (κ3) is 4.17. The van der Waals surface area contributed by atoms with E-state index in [4.69, 9.17) is 10.8 Å². The van der Waals surface area contributed by atoms with Crippen LogP contribution in [-0.4, -0.2) is 37.5 Å². The molecule has 5 nitrogen and oxygen atoms in total. The minimum atomic E-state index is -3.66. The molecule has 0 unspecified atom stereocenters. The smallest absolute Gasteiger partial charge is 0.245 e. The Labute approximate surface area is 122 Å². The summed E-state index contributed by atoms with van der Waals surface area (Å²) in [5.41, 5.74) is 5.97. The molecule has 0 heterocycles. The highest BCUT2D eigenvalue weighted by atomic mass is 79.9. The van der Waals surface area contributed by atoms with E-state index in [1.807, 2.05) is 6.92 Å². The van der Waals surface area contributed by atoms with Gasteiger partial charge in [0.1, 0.15) is 4.90 Å². The lowest BCUT2D eigenvalue weighted by atomic mass is 10.3. The number of benzene rings is 1. The van der Waals surface area contributed by atoms with E-state index in [1.54, 1.807) is 12.1 Å². The number of halogens is 1. The van der Waals surface area contributed by atoms with Gasteiger partial charge in [0, 0.05) is 17.6 Å². The van der Waals surface area contributed by atoms with Crippen LogP contribution in [0.25, 0.3) is 0 Å². The van der Waals surface area contributed by atoms with Gasteiger partial charge in [0.05, 0.1) is 12.3 Å². The molecule has 7 heteroatoms. The molecule has 1 rings (SSSR count). The second-order valence-corrected chi connectivity index (χ2v) is 6.99. The summed E-state index contributed by atoms with van der Waals surface area (Å²) in [6.07, 6.45) is 1.63. The average Bonchev–Trinajstić information content (AvgIpc) is 2.33. The molecular weight excluding hydrogens is 332 g/mol. The van der Waals surface area contributed by atoms with Gasteiger partial charge in [-0.05, 0) is 24.6 Å². The predicted octanol–water partition coefficient (Wildman–Crippen LogP) is 1.81. The fourth-order valence-corrected chi connectivity index (χ4v) is 3.64. The van der Waals surface area contributed by atoms with Gasteiger partial charge in [0.2, 0.25) is 10.0 Å². The number of aliphatic hydroxyl groups excluding tert-OH is 1. The molecule has 1 aromatic carbocycles.